The van der Waals surface area contributed by atoms with E-state index in [2.05, 4.69) is 25.9 Å². The van der Waals surface area contributed by atoms with Crippen LogP contribution in [0.15, 0.2) is 35.1 Å². The van der Waals surface area contributed by atoms with Gasteiger partial charge in [-0.15, -0.1) is 0 Å². The van der Waals surface area contributed by atoms with Crippen LogP contribution in [0.3, 0.4) is 0 Å². The van der Waals surface area contributed by atoms with Crippen molar-refractivity contribution in [2.24, 2.45) is 0 Å². The van der Waals surface area contributed by atoms with Crippen LogP contribution in [0.2, 0.25) is 10.0 Å². The molecule has 1 N–H and O–H groups in total. The second-order valence-electron chi connectivity index (χ2n) is 4.84. The minimum atomic E-state index is -0.489. The van der Waals surface area contributed by atoms with E-state index in [4.69, 9.17) is 23.2 Å². The zero-order chi connectivity index (χ0) is 15.9. The van der Waals surface area contributed by atoms with Crippen LogP contribution in [-0.2, 0) is 0 Å². The summed E-state index contributed by atoms with van der Waals surface area (Å²) >= 11 is 15.6. The molecule has 0 radical (unpaired) electrons. The number of pyridine rings is 1. The smallest absolute Gasteiger partial charge is 0.142 e. The molecule has 2 heterocycles. The topological polar surface area (TPSA) is 28.7 Å². The van der Waals surface area contributed by atoms with Crippen molar-refractivity contribution in [3.63, 3.8) is 0 Å². The van der Waals surface area contributed by atoms with Gasteiger partial charge in [0, 0.05) is 38.4 Å². The molecular formula is C16H10BrCl2FN2. The molecule has 1 aromatic carbocycles. The molecule has 0 saturated carbocycles. The monoisotopic (exact) mass is 398 g/mol. The predicted molar refractivity (Wildman–Crippen MR) is 93.8 cm³/mol. The van der Waals surface area contributed by atoms with Crippen LogP contribution in [0.25, 0.3) is 22.7 Å². The third-order valence-corrected chi connectivity index (χ3v) is 4.46. The number of H-pyrrole nitrogens is 1. The third-order valence-electron chi connectivity index (χ3n) is 3.34. The molecule has 0 bridgehead atoms. The summed E-state index contributed by atoms with van der Waals surface area (Å²) in [5.41, 5.74) is 2.98. The van der Waals surface area contributed by atoms with Crippen LogP contribution in [-0.4, -0.2) is 9.97 Å². The molecule has 0 fully saturated rings. The maximum atomic E-state index is 13.7. The average Bonchev–Trinajstić information content (AvgIpc) is 2.86. The molecule has 0 aliphatic rings. The van der Waals surface area contributed by atoms with E-state index in [-0.39, 0.29) is 5.02 Å². The first-order valence-electron chi connectivity index (χ1n) is 6.42. The van der Waals surface area contributed by atoms with Crippen LogP contribution in [0.1, 0.15) is 18.1 Å². The van der Waals surface area contributed by atoms with Gasteiger partial charge in [-0.3, -0.25) is 0 Å². The highest BCUT2D eigenvalue weighted by Gasteiger charge is 2.13. The molecule has 112 valence electrons. The number of hydrogen-bond donors (Lipinski definition) is 1. The molecular weight excluding hydrogens is 390 g/mol. The van der Waals surface area contributed by atoms with Crippen LogP contribution in [0.5, 0.6) is 0 Å². The summed E-state index contributed by atoms with van der Waals surface area (Å²) in [4.78, 5) is 7.38. The Morgan fingerprint density at radius 2 is 2.14 bits per heavy atom. The highest BCUT2D eigenvalue weighted by atomic mass is 79.9. The number of nitrogens with one attached hydrogen (secondary N) is 1. The van der Waals surface area contributed by atoms with Gasteiger partial charge in [-0.1, -0.05) is 23.2 Å². The maximum absolute atomic E-state index is 13.7. The average molecular weight is 400 g/mol. The molecule has 0 unspecified atom stereocenters. The zero-order valence-corrected chi connectivity index (χ0v) is 14.5. The Morgan fingerprint density at radius 1 is 1.36 bits per heavy atom. The van der Waals surface area contributed by atoms with Crippen molar-refractivity contribution in [1.29, 1.82) is 0 Å². The summed E-state index contributed by atoms with van der Waals surface area (Å²) in [6.07, 6.45) is 5.47. The van der Waals surface area contributed by atoms with Gasteiger partial charge in [0.2, 0.25) is 0 Å². The first kappa shape index (κ1) is 15.5. The van der Waals surface area contributed by atoms with Crippen molar-refractivity contribution in [1.82, 2.24) is 9.97 Å². The number of allylic oxidation sites excluding steroid dienone is 1. The number of hydrogen-bond acceptors (Lipinski definition) is 1. The summed E-state index contributed by atoms with van der Waals surface area (Å²) in [6, 6.07) is 4.73. The number of rotatable bonds is 2. The van der Waals surface area contributed by atoms with E-state index in [0.29, 0.717) is 10.6 Å². The lowest BCUT2D eigenvalue weighted by Gasteiger charge is -2.08. The van der Waals surface area contributed by atoms with Crippen LogP contribution in [0.4, 0.5) is 4.39 Å². The van der Waals surface area contributed by atoms with Gasteiger partial charge >= 0.3 is 0 Å². The second kappa shape index (κ2) is 6.03. The molecule has 2 nitrogen and oxygen atoms in total. The lowest BCUT2D eigenvalue weighted by Crippen LogP contribution is -1.88. The van der Waals surface area contributed by atoms with Gasteiger partial charge < -0.3 is 4.98 Å². The molecule has 2 aromatic heterocycles. The first-order valence-corrected chi connectivity index (χ1v) is 7.97. The van der Waals surface area contributed by atoms with E-state index in [1.807, 2.05) is 25.3 Å². The summed E-state index contributed by atoms with van der Waals surface area (Å²) in [6.45, 7) is 1.84. The van der Waals surface area contributed by atoms with E-state index in [9.17, 15) is 4.39 Å². The number of nitrogens with zero attached hydrogens (tertiary/aromatic N) is 1. The second-order valence-corrected chi connectivity index (χ2v) is 6.54. The van der Waals surface area contributed by atoms with Gasteiger partial charge in [-0.05, 0) is 52.7 Å². The maximum Gasteiger partial charge on any atom is 0.142 e. The zero-order valence-electron chi connectivity index (χ0n) is 11.4. The Labute approximate surface area is 145 Å². The SMILES string of the molecule is C/C(=C\c1c[nH]c2ncc(Br)cc12)c1c(Cl)ccc(F)c1Cl. The molecule has 0 atom stereocenters. The standard InChI is InChI=1S/C16H10BrCl2FN2/c1-8(14-12(18)2-3-13(20)15(14)19)4-9-6-21-16-11(9)5-10(17)7-22-16/h2-7H,1H3,(H,21,22)/b8-4+. The summed E-state index contributed by atoms with van der Waals surface area (Å²) in [5, 5.41) is 1.40. The fourth-order valence-electron chi connectivity index (χ4n) is 2.31. The van der Waals surface area contributed by atoms with Gasteiger partial charge in [0.05, 0.1) is 5.02 Å². The predicted octanol–water partition coefficient (Wildman–Crippen LogP) is 6.33. The molecule has 3 aromatic rings. The molecule has 0 amide bonds. The Bertz CT molecular complexity index is 903. The van der Waals surface area contributed by atoms with E-state index in [1.165, 1.54) is 12.1 Å². The Kier molecular flexibility index (Phi) is 4.26. The molecule has 22 heavy (non-hydrogen) atoms. The van der Waals surface area contributed by atoms with Gasteiger partial charge in [0.15, 0.2) is 0 Å². The minimum absolute atomic E-state index is 0.0281. The summed E-state index contributed by atoms with van der Waals surface area (Å²) in [7, 11) is 0. The number of aromatic nitrogens is 2. The third kappa shape index (κ3) is 2.78. The number of benzene rings is 1. The normalized spacial score (nSPS) is 12.1. The molecule has 0 aliphatic carbocycles. The van der Waals surface area contributed by atoms with Gasteiger partial charge in [0.25, 0.3) is 0 Å². The van der Waals surface area contributed by atoms with Crippen LogP contribution < -0.4 is 0 Å². The quantitative estimate of drug-likeness (QED) is 0.501. The molecule has 6 heteroatoms. The number of halogens is 4. The fourth-order valence-corrected chi connectivity index (χ4v) is 3.31. The summed E-state index contributed by atoms with van der Waals surface area (Å²) in [5.74, 6) is -0.489. The Hall–Kier alpha value is -1.36. The van der Waals surface area contributed by atoms with E-state index in [1.54, 1.807) is 6.20 Å². The van der Waals surface area contributed by atoms with Crippen LogP contribution in [0, 0.1) is 5.82 Å². The van der Waals surface area contributed by atoms with Gasteiger partial charge in [0.1, 0.15) is 11.5 Å². The summed E-state index contributed by atoms with van der Waals surface area (Å²) < 4.78 is 14.5. The Balaban J connectivity index is 2.15. The lowest BCUT2D eigenvalue weighted by atomic mass is 10.0. The minimum Gasteiger partial charge on any atom is -0.346 e. The van der Waals surface area contributed by atoms with Crippen LogP contribution >= 0.6 is 39.1 Å². The van der Waals surface area contributed by atoms with E-state index < -0.39 is 5.82 Å². The van der Waals surface area contributed by atoms with Crippen molar-refractivity contribution >= 4 is 61.8 Å². The molecule has 0 saturated heterocycles. The first-order chi connectivity index (χ1) is 10.5. The van der Waals surface area contributed by atoms with Crippen molar-refractivity contribution in [3.8, 4) is 0 Å². The van der Waals surface area contributed by atoms with Gasteiger partial charge in [-0.2, -0.15) is 0 Å². The Morgan fingerprint density at radius 3 is 2.91 bits per heavy atom. The largest absolute Gasteiger partial charge is 0.346 e. The van der Waals surface area contributed by atoms with Crippen molar-refractivity contribution < 1.29 is 4.39 Å². The van der Waals surface area contributed by atoms with Gasteiger partial charge in [-0.25, -0.2) is 9.37 Å². The highest BCUT2D eigenvalue weighted by Crippen LogP contribution is 2.34. The number of aromatic amines is 1. The van der Waals surface area contributed by atoms with Crippen molar-refractivity contribution in [2.45, 2.75) is 6.92 Å². The van der Waals surface area contributed by atoms with Crippen molar-refractivity contribution in [2.75, 3.05) is 0 Å². The lowest BCUT2D eigenvalue weighted by molar-refractivity contribution is 0.628. The van der Waals surface area contributed by atoms with E-state index in [0.717, 1.165) is 26.6 Å². The van der Waals surface area contributed by atoms with E-state index >= 15 is 0 Å². The molecule has 3 rings (SSSR count). The molecule has 0 spiro atoms. The number of fused-ring (bicyclic) bond motifs is 1. The molecule has 0 aliphatic heterocycles. The van der Waals surface area contributed by atoms with Crippen molar-refractivity contribution in [3.05, 3.63) is 62.1 Å². The fraction of sp³-hybridized carbons (Fsp3) is 0.0625. The highest BCUT2D eigenvalue weighted by molar-refractivity contribution is 9.10.